The van der Waals surface area contributed by atoms with Crippen molar-refractivity contribution in [1.29, 1.82) is 0 Å². The topological polar surface area (TPSA) is 95.7 Å². The molecule has 1 atom stereocenters. The van der Waals surface area contributed by atoms with E-state index in [9.17, 15) is 13.2 Å². The lowest BCUT2D eigenvalue weighted by Gasteiger charge is -2.38. The maximum absolute atomic E-state index is 12.6. The molecule has 2 saturated heterocycles. The van der Waals surface area contributed by atoms with Crippen molar-refractivity contribution in [2.75, 3.05) is 32.7 Å². The standard InChI is InChI=1S/C11H22N4O3S/c1-9-2-5-14(6-3-9)19(17,18)15-7-4-13-8-10(15)11(12)16/h9-10,13H,2-8H2,1H3,(H2,12,16). The van der Waals surface area contributed by atoms with Crippen LogP contribution in [-0.2, 0) is 15.0 Å². The Labute approximate surface area is 114 Å². The van der Waals surface area contributed by atoms with Crippen LogP contribution in [0.2, 0.25) is 0 Å². The maximum atomic E-state index is 12.6. The van der Waals surface area contributed by atoms with E-state index in [4.69, 9.17) is 5.73 Å². The molecule has 3 N–H and O–H groups in total. The van der Waals surface area contributed by atoms with Crippen molar-refractivity contribution in [1.82, 2.24) is 13.9 Å². The van der Waals surface area contributed by atoms with Crippen molar-refractivity contribution in [3.8, 4) is 0 Å². The Morgan fingerprint density at radius 3 is 2.47 bits per heavy atom. The highest BCUT2D eigenvalue weighted by molar-refractivity contribution is 7.86. The predicted octanol–water partition coefficient (Wildman–Crippen LogP) is -1.28. The molecule has 19 heavy (non-hydrogen) atoms. The van der Waals surface area contributed by atoms with Crippen molar-refractivity contribution in [2.24, 2.45) is 11.7 Å². The minimum Gasteiger partial charge on any atom is -0.368 e. The third-order valence-electron chi connectivity index (χ3n) is 3.89. The Bertz CT molecular complexity index is 431. The third-order valence-corrected chi connectivity index (χ3v) is 5.94. The molecule has 110 valence electrons. The van der Waals surface area contributed by atoms with E-state index in [1.54, 1.807) is 0 Å². The maximum Gasteiger partial charge on any atom is 0.282 e. The van der Waals surface area contributed by atoms with Crippen LogP contribution in [-0.4, -0.2) is 61.7 Å². The summed E-state index contributed by atoms with van der Waals surface area (Å²) >= 11 is 0. The smallest absolute Gasteiger partial charge is 0.282 e. The number of rotatable bonds is 3. The number of primary amides is 1. The van der Waals surface area contributed by atoms with Gasteiger partial charge in [-0.05, 0) is 18.8 Å². The first-order chi connectivity index (χ1) is 8.93. The zero-order valence-corrected chi connectivity index (χ0v) is 12.0. The Balaban J connectivity index is 2.15. The molecule has 0 aromatic heterocycles. The number of hydrogen-bond acceptors (Lipinski definition) is 4. The lowest BCUT2D eigenvalue weighted by Crippen LogP contribution is -2.61. The molecule has 2 rings (SSSR count). The van der Waals surface area contributed by atoms with Crippen molar-refractivity contribution in [2.45, 2.75) is 25.8 Å². The number of nitrogens with zero attached hydrogens (tertiary/aromatic N) is 2. The molecule has 0 saturated carbocycles. The molecule has 2 heterocycles. The van der Waals surface area contributed by atoms with Gasteiger partial charge >= 0.3 is 0 Å². The first-order valence-electron chi connectivity index (χ1n) is 6.70. The van der Waals surface area contributed by atoms with E-state index in [0.717, 1.165) is 12.8 Å². The molecule has 0 aromatic rings. The number of nitrogens with two attached hydrogens (primary N) is 1. The molecule has 0 aromatic carbocycles. The normalized spacial score (nSPS) is 28.4. The molecule has 2 fully saturated rings. The molecule has 7 nitrogen and oxygen atoms in total. The van der Waals surface area contributed by atoms with Crippen LogP contribution in [0.1, 0.15) is 19.8 Å². The summed E-state index contributed by atoms with van der Waals surface area (Å²) in [6, 6.07) is -0.780. The number of piperidine rings is 1. The number of piperazine rings is 1. The molecule has 0 spiro atoms. The molecular weight excluding hydrogens is 268 g/mol. The molecule has 2 aliphatic rings. The van der Waals surface area contributed by atoms with E-state index in [2.05, 4.69) is 12.2 Å². The van der Waals surface area contributed by atoms with Gasteiger partial charge in [-0.1, -0.05) is 6.92 Å². The Hall–Kier alpha value is -0.700. The molecule has 1 unspecified atom stereocenters. The molecular formula is C11H22N4O3S. The zero-order valence-electron chi connectivity index (χ0n) is 11.2. The highest BCUT2D eigenvalue weighted by atomic mass is 32.2. The van der Waals surface area contributed by atoms with Crippen molar-refractivity contribution in [3.63, 3.8) is 0 Å². The van der Waals surface area contributed by atoms with Crippen LogP contribution in [0.4, 0.5) is 0 Å². The van der Waals surface area contributed by atoms with E-state index >= 15 is 0 Å². The zero-order chi connectivity index (χ0) is 14.0. The third kappa shape index (κ3) is 3.07. The number of hydrogen-bond donors (Lipinski definition) is 2. The Kier molecular flexibility index (Phi) is 4.44. The van der Waals surface area contributed by atoms with Gasteiger partial charge in [-0.15, -0.1) is 0 Å². The largest absolute Gasteiger partial charge is 0.368 e. The summed E-state index contributed by atoms with van der Waals surface area (Å²) in [6.45, 7) is 4.31. The van der Waals surface area contributed by atoms with Crippen molar-refractivity contribution in [3.05, 3.63) is 0 Å². The van der Waals surface area contributed by atoms with Gasteiger partial charge in [0, 0.05) is 32.7 Å². The molecule has 8 heteroatoms. The van der Waals surface area contributed by atoms with Crippen molar-refractivity contribution < 1.29 is 13.2 Å². The lowest BCUT2D eigenvalue weighted by atomic mass is 10.0. The lowest BCUT2D eigenvalue weighted by molar-refractivity contribution is -0.122. The van der Waals surface area contributed by atoms with Gasteiger partial charge in [-0.2, -0.15) is 17.0 Å². The highest BCUT2D eigenvalue weighted by Crippen LogP contribution is 2.22. The number of amides is 1. The summed E-state index contributed by atoms with van der Waals surface area (Å²) in [5, 5.41) is 3.00. The highest BCUT2D eigenvalue weighted by Gasteiger charge is 2.39. The number of carbonyl (C=O) groups is 1. The summed E-state index contributed by atoms with van der Waals surface area (Å²) in [6.07, 6.45) is 1.74. The predicted molar refractivity (Wildman–Crippen MR) is 71.4 cm³/mol. The fourth-order valence-electron chi connectivity index (χ4n) is 2.57. The molecule has 1 amide bonds. The summed E-state index contributed by atoms with van der Waals surface area (Å²) in [4.78, 5) is 11.4. The van der Waals surface area contributed by atoms with Gasteiger partial charge in [0.15, 0.2) is 0 Å². The molecule has 2 aliphatic heterocycles. The van der Waals surface area contributed by atoms with E-state index < -0.39 is 22.2 Å². The summed E-state index contributed by atoms with van der Waals surface area (Å²) in [5.41, 5.74) is 5.30. The monoisotopic (exact) mass is 290 g/mol. The van der Waals surface area contributed by atoms with Gasteiger partial charge < -0.3 is 11.1 Å². The summed E-state index contributed by atoms with van der Waals surface area (Å²) < 4.78 is 27.9. The van der Waals surface area contributed by atoms with Crippen LogP contribution in [0.5, 0.6) is 0 Å². The van der Waals surface area contributed by atoms with Gasteiger partial charge in [0.1, 0.15) is 6.04 Å². The SMILES string of the molecule is CC1CCN(S(=O)(=O)N2CCNCC2C(N)=O)CC1. The van der Waals surface area contributed by atoms with Crippen LogP contribution in [0.25, 0.3) is 0 Å². The second-order valence-electron chi connectivity index (χ2n) is 5.32. The summed E-state index contributed by atoms with van der Waals surface area (Å²) in [5.74, 6) is -0.0393. The molecule has 0 radical (unpaired) electrons. The second-order valence-corrected chi connectivity index (χ2v) is 7.20. The average molecular weight is 290 g/mol. The van der Waals surface area contributed by atoms with Crippen LogP contribution in [0.15, 0.2) is 0 Å². The first-order valence-corrected chi connectivity index (χ1v) is 8.09. The number of carbonyl (C=O) groups excluding carboxylic acids is 1. The molecule has 0 bridgehead atoms. The van der Waals surface area contributed by atoms with Crippen molar-refractivity contribution >= 4 is 16.1 Å². The Morgan fingerprint density at radius 1 is 1.26 bits per heavy atom. The van der Waals surface area contributed by atoms with Crippen LogP contribution in [0, 0.1) is 5.92 Å². The van der Waals surface area contributed by atoms with Crippen LogP contribution < -0.4 is 11.1 Å². The van der Waals surface area contributed by atoms with E-state index in [1.165, 1.54) is 8.61 Å². The van der Waals surface area contributed by atoms with E-state index in [0.29, 0.717) is 38.6 Å². The second kappa shape index (κ2) is 5.74. The van der Waals surface area contributed by atoms with Gasteiger partial charge in [-0.25, -0.2) is 0 Å². The summed E-state index contributed by atoms with van der Waals surface area (Å²) in [7, 11) is -3.58. The van der Waals surface area contributed by atoms with Crippen LogP contribution >= 0.6 is 0 Å². The Morgan fingerprint density at radius 2 is 1.89 bits per heavy atom. The van der Waals surface area contributed by atoms with Gasteiger partial charge in [0.25, 0.3) is 10.2 Å². The minimum atomic E-state index is -3.58. The van der Waals surface area contributed by atoms with E-state index in [-0.39, 0.29) is 0 Å². The fraction of sp³-hybridized carbons (Fsp3) is 0.909. The van der Waals surface area contributed by atoms with Gasteiger partial charge in [0.05, 0.1) is 0 Å². The first kappa shape index (κ1) is 14.7. The van der Waals surface area contributed by atoms with E-state index in [1.807, 2.05) is 0 Å². The minimum absolute atomic E-state index is 0.290. The van der Waals surface area contributed by atoms with Crippen LogP contribution in [0.3, 0.4) is 0 Å². The molecule has 0 aliphatic carbocycles. The number of nitrogens with one attached hydrogen (secondary N) is 1. The van der Waals surface area contributed by atoms with Gasteiger partial charge in [-0.3, -0.25) is 4.79 Å². The average Bonchev–Trinajstić information content (AvgIpc) is 2.39. The quantitative estimate of drug-likeness (QED) is 0.677. The fourth-order valence-corrected chi connectivity index (χ4v) is 4.36. The van der Waals surface area contributed by atoms with Gasteiger partial charge in [0.2, 0.25) is 5.91 Å².